The van der Waals surface area contributed by atoms with Crippen LogP contribution in [-0.2, 0) is 4.74 Å². The summed E-state index contributed by atoms with van der Waals surface area (Å²) in [5.74, 6) is 0.308. The molecule has 1 aliphatic rings. The molecule has 0 amide bonds. The third-order valence-electron chi connectivity index (χ3n) is 1.67. The van der Waals surface area contributed by atoms with Crippen LogP contribution in [0.1, 0.15) is 6.17 Å². The van der Waals surface area contributed by atoms with Crippen molar-refractivity contribution in [3.63, 3.8) is 0 Å². The van der Waals surface area contributed by atoms with E-state index in [1.54, 1.807) is 0 Å². The van der Waals surface area contributed by atoms with Gasteiger partial charge in [-0.15, -0.1) is 0 Å². The van der Waals surface area contributed by atoms with Crippen LogP contribution >= 0.6 is 0 Å². The fraction of sp³-hybridized carbons (Fsp3) is 0.667. The summed E-state index contributed by atoms with van der Waals surface area (Å²) >= 11 is 0. The van der Waals surface area contributed by atoms with Crippen LogP contribution in [-0.4, -0.2) is 24.9 Å². The second kappa shape index (κ2) is 3.08. The van der Waals surface area contributed by atoms with Crippen molar-refractivity contribution >= 4 is 5.88 Å². The van der Waals surface area contributed by atoms with Crippen molar-refractivity contribution in [1.29, 1.82) is 0 Å². The molecule has 0 aromatic carbocycles. The first-order valence-corrected chi connectivity index (χ1v) is 3.81. The molecule has 2 heterocycles. The van der Waals surface area contributed by atoms with E-state index in [1.807, 2.05) is 0 Å². The molecule has 12 heavy (non-hydrogen) atoms. The van der Waals surface area contributed by atoms with Crippen LogP contribution in [0.25, 0.3) is 0 Å². The van der Waals surface area contributed by atoms with Gasteiger partial charge in [0.2, 0.25) is 0 Å². The van der Waals surface area contributed by atoms with Crippen molar-refractivity contribution in [2.24, 2.45) is 0 Å². The van der Waals surface area contributed by atoms with Crippen molar-refractivity contribution in [2.45, 2.75) is 6.17 Å². The topological polar surface area (TPSA) is 77.2 Å². The Morgan fingerprint density at radius 3 is 3.25 bits per heavy atom. The van der Waals surface area contributed by atoms with E-state index in [0.29, 0.717) is 12.5 Å². The average molecular weight is 171 g/mol. The van der Waals surface area contributed by atoms with Gasteiger partial charge in [-0.05, 0) is 0 Å². The lowest BCUT2D eigenvalue weighted by Crippen LogP contribution is -2.54. The lowest BCUT2D eigenvalue weighted by Gasteiger charge is -2.14. The van der Waals surface area contributed by atoms with E-state index in [-0.39, 0.29) is 6.17 Å². The molecule has 0 spiro atoms. The zero-order valence-corrected chi connectivity index (χ0v) is 6.56. The van der Waals surface area contributed by atoms with E-state index in [4.69, 9.17) is 15.0 Å². The second-order valence-electron chi connectivity index (χ2n) is 2.59. The molecule has 0 saturated carbocycles. The number of nitrogens with one attached hydrogen (secondary N) is 1. The van der Waals surface area contributed by atoms with Gasteiger partial charge in [-0.25, -0.2) is 5.32 Å². The Kier molecular flexibility index (Phi) is 1.92. The summed E-state index contributed by atoms with van der Waals surface area (Å²) in [6.45, 7) is 2.10. The maximum atomic E-state index is 5.37. The zero-order valence-electron chi connectivity index (χ0n) is 6.56. The Labute approximate surface area is 69.3 Å². The quantitative estimate of drug-likeness (QED) is 0.511. The van der Waals surface area contributed by atoms with Gasteiger partial charge in [0.05, 0.1) is 6.61 Å². The van der Waals surface area contributed by atoms with E-state index >= 15 is 0 Å². The maximum Gasteiger partial charge on any atom is 0.309 e. The first-order chi connectivity index (χ1) is 5.86. The van der Waals surface area contributed by atoms with E-state index in [1.165, 1.54) is 11.1 Å². The maximum absolute atomic E-state index is 5.37. The van der Waals surface area contributed by atoms with Gasteiger partial charge in [-0.1, -0.05) is 0 Å². The summed E-state index contributed by atoms with van der Waals surface area (Å²) < 4.78 is 10.3. The number of nitrogens with zero attached hydrogens (tertiary/aromatic N) is 2. The monoisotopic (exact) mass is 171 g/mol. The fourth-order valence-electron chi connectivity index (χ4n) is 1.11. The number of nitrogens with two attached hydrogens (primary N) is 1. The van der Waals surface area contributed by atoms with Gasteiger partial charge in [0.25, 0.3) is 5.88 Å². The second-order valence-corrected chi connectivity index (χ2v) is 2.59. The Morgan fingerprint density at radius 1 is 1.75 bits per heavy atom. The van der Waals surface area contributed by atoms with Crippen molar-refractivity contribution in [3.8, 4) is 0 Å². The molecule has 2 rings (SSSR count). The van der Waals surface area contributed by atoms with Crippen molar-refractivity contribution in [2.75, 3.05) is 25.5 Å². The predicted octanol–water partition coefficient (Wildman–Crippen LogP) is -1.34. The smallest absolute Gasteiger partial charge is 0.309 e. The molecule has 0 radical (unpaired) electrons. The van der Waals surface area contributed by atoms with Gasteiger partial charge >= 0.3 is 6.17 Å². The van der Waals surface area contributed by atoms with Gasteiger partial charge < -0.3 is 10.5 Å². The number of nitrogen functional groups attached to an aromatic ring is 1. The molecule has 6 nitrogen and oxygen atoms in total. The minimum atomic E-state index is -0.0314. The van der Waals surface area contributed by atoms with Crippen LogP contribution in [0.3, 0.4) is 0 Å². The first kappa shape index (κ1) is 7.51. The molecule has 66 valence electrons. The summed E-state index contributed by atoms with van der Waals surface area (Å²) in [7, 11) is 0. The molecule has 1 saturated heterocycles. The number of morpholine rings is 1. The summed E-state index contributed by atoms with van der Waals surface area (Å²) in [6.07, 6.45) is 1.44. The van der Waals surface area contributed by atoms with Crippen LogP contribution in [0, 0.1) is 0 Å². The van der Waals surface area contributed by atoms with E-state index in [2.05, 4.69) is 10.4 Å². The highest BCUT2D eigenvalue weighted by molar-refractivity contribution is 5.12. The highest BCUT2D eigenvalue weighted by Crippen LogP contribution is 1.99. The van der Waals surface area contributed by atoms with Crippen LogP contribution in [0.4, 0.5) is 5.88 Å². The van der Waals surface area contributed by atoms with Gasteiger partial charge in [-0.3, -0.25) is 0 Å². The third-order valence-corrected chi connectivity index (χ3v) is 1.67. The highest BCUT2D eigenvalue weighted by Gasteiger charge is 2.27. The standard InChI is InChI=1S/C6H10N4O2/c7-5-3-9-10(12-5)6-4-11-2-1-8-6/h3,6-8H,1-2,4H2/p+1. The Hall–Kier alpha value is -1.14. The van der Waals surface area contributed by atoms with Gasteiger partial charge in [0.1, 0.15) is 11.5 Å². The molecule has 0 bridgehead atoms. The van der Waals surface area contributed by atoms with Crippen LogP contribution in [0.15, 0.2) is 10.7 Å². The summed E-state index contributed by atoms with van der Waals surface area (Å²) in [4.78, 5) is 1.41. The third kappa shape index (κ3) is 1.39. The van der Waals surface area contributed by atoms with E-state index in [9.17, 15) is 0 Å². The Morgan fingerprint density at radius 2 is 2.67 bits per heavy atom. The lowest BCUT2D eigenvalue weighted by molar-refractivity contribution is -0.929. The number of ether oxygens (including phenoxy) is 1. The molecule has 1 unspecified atom stereocenters. The van der Waals surface area contributed by atoms with Crippen LogP contribution in [0.5, 0.6) is 0 Å². The number of rotatable bonds is 1. The molecular weight excluding hydrogens is 160 g/mol. The molecule has 1 aliphatic heterocycles. The highest BCUT2D eigenvalue weighted by atomic mass is 16.5. The van der Waals surface area contributed by atoms with E-state index in [0.717, 1.165) is 13.2 Å². The first-order valence-electron chi connectivity index (χ1n) is 3.81. The minimum Gasteiger partial charge on any atom is -0.371 e. The molecule has 1 fully saturated rings. The normalized spacial score (nSPS) is 24.2. The van der Waals surface area contributed by atoms with E-state index < -0.39 is 0 Å². The lowest BCUT2D eigenvalue weighted by atomic mass is 10.4. The number of aromatic nitrogens is 2. The fourth-order valence-corrected chi connectivity index (χ4v) is 1.11. The molecule has 0 aliphatic carbocycles. The average Bonchev–Trinajstić information content (AvgIpc) is 2.54. The largest absolute Gasteiger partial charge is 0.371 e. The predicted molar refractivity (Wildman–Crippen MR) is 39.0 cm³/mol. The van der Waals surface area contributed by atoms with Gasteiger partial charge in [0.15, 0.2) is 6.20 Å². The summed E-state index contributed by atoms with van der Waals surface area (Å²) in [5.41, 5.74) is 5.37. The molecular formula is C6H11N4O2+. The molecule has 1 atom stereocenters. The minimum absolute atomic E-state index is 0.0314. The summed E-state index contributed by atoms with van der Waals surface area (Å²) in [5, 5.41) is 7.10. The molecule has 3 N–H and O–H groups in total. The van der Waals surface area contributed by atoms with Gasteiger partial charge in [-0.2, -0.15) is 4.52 Å². The molecule has 1 aromatic rings. The SMILES string of the molecule is Nc1cn[n+](C2COCCN2)o1. The van der Waals surface area contributed by atoms with Crippen molar-refractivity contribution < 1.29 is 14.1 Å². The van der Waals surface area contributed by atoms with Gasteiger partial charge in [0, 0.05) is 11.6 Å². The summed E-state index contributed by atoms with van der Waals surface area (Å²) in [6, 6.07) is 0. The van der Waals surface area contributed by atoms with Crippen LogP contribution in [0.2, 0.25) is 0 Å². The molecule has 6 heteroatoms. The van der Waals surface area contributed by atoms with Crippen molar-refractivity contribution in [3.05, 3.63) is 6.20 Å². The zero-order chi connectivity index (χ0) is 8.39. The Bertz CT molecular complexity index is 256. The number of anilines is 1. The van der Waals surface area contributed by atoms with Crippen LogP contribution < -0.4 is 15.9 Å². The van der Waals surface area contributed by atoms with Crippen molar-refractivity contribution in [1.82, 2.24) is 10.4 Å². The number of hydrogen-bond acceptors (Lipinski definition) is 5. The number of hydrogen-bond donors (Lipinski definition) is 2. The Balaban J connectivity index is 2.08. The molecule has 1 aromatic heterocycles.